The average molecular weight is 380 g/mol. The van der Waals surface area contributed by atoms with Crippen molar-refractivity contribution in [1.82, 2.24) is 10.2 Å². The number of aromatic amines is 1. The van der Waals surface area contributed by atoms with E-state index in [1.165, 1.54) is 0 Å². The van der Waals surface area contributed by atoms with Gasteiger partial charge in [-0.25, -0.2) is 4.79 Å². The van der Waals surface area contributed by atoms with Crippen LogP contribution in [0.15, 0.2) is 48.5 Å². The quantitative estimate of drug-likeness (QED) is 0.555. The average Bonchev–Trinajstić information content (AvgIpc) is 3.10. The molecule has 3 rings (SSSR count). The van der Waals surface area contributed by atoms with E-state index in [-0.39, 0.29) is 6.03 Å². The van der Waals surface area contributed by atoms with E-state index in [0.717, 1.165) is 29.8 Å². The Kier molecular flexibility index (Phi) is 6.16. The Morgan fingerprint density at radius 2 is 1.75 bits per heavy atom. The highest BCUT2D eigenvalue weighted by Gasteiger charge is 2.17. The van der Waals surface area contributed by atoms with Crippen molar-refractivity contribution in [3.8, 4) is 22.8 Å². The largest absolute Gasteiger partial charge is 0.497 e. The molecule has 0 radical (unpaired) electrons. The fraction of sp³-hybridized carbons (Fsp3) is 0.238. The lowest BCUT2D eigenvalue weighted by Crippen LogP contribution is -2.20. The van der Waals surface area contributed by atoms with Gasteiger partial charge in [-0.15, -0.1) is 0 Å². The summed E-state index contributed by atoms with van der Waals surface area (Å²) in [5, 5.41) is 13.2. The fourth-order valence-electron chi connectivity index (χ4n) is 2.90. The van der Waals surface area contributed by atoms with Gasteiger partial charge in [0.2, 0.25) is 0 Å². The highest BCUT2D eigenvalue weighted by Crippen LogP contribution is 2.31. The van der Waals surface area contributed by atoms with Crippen LogP contribution in [0.25, 0.3) is 11.3 Å². The van der Waals surface area contributed by atoms with E-state index in [1.54, 1.807) is 26.4 Å². The molecule has 3 aromatic rings. The lowest BCUT2D eigenvalue weighted by Gasteiger charge is -2.11. The van der Waals surface area contributed by atoms with Gasteiger partial charge in [-0.1, -0.05) is 31.5 Å². The van der Waals surface area contributed by atoms with Crippen molar-refractivity contribution in [3.63, 3.8) is 0 Å². The molecule has 0 spiro atoms. The smallest absolute Gasteiger partial charge is 0.323 e. The van der Waals surface area contributed by atoms with Gasteiger partial charge in [-0.05, 0) is 30.7 Å². The maximum atomic E-state index is 12.6. The Morgan fingerprint density at radius 3 is 2.46 bits per heavy atom. The molecule has 0 atom stereocenters. The zero-order valence-corrected chi connectivity index (χ0v) is 16.2. The van der Waals surface area contributed by atoms with Crippen LogP contribution in [0.2, 0.25) is 0 Å². The van der Waals surface area contributed by atoms with Crippen LogP contribution in [0.4, 0.5) is 16.2 Å². The maximum Gasteiger partial charge on any atom is 0.323 e. The Labute approximate surface area is 164 Å². The number of anilines is 2. The molecule has 7 heteroatoms. The fourth-order valence-corrected chi connectivity index (χ4v) is 2.90. The summed E-state index contributed by atoms with van der Waals surface area (Å²) >= 11 is 0. The molecular formula is C21H24N4O3. The SMILES string of the molecule is CCCc1[nH]nc(-c2cccc(OC)c2)c1NC(=O)Nc1cccc(OC)c1. The van der Waals surface area contributed by atoms with Gasteiger partial charge in [0.15, 0.2) is 0 Å². The van der Waals surface area contributed by atoms with Crippen LogP contribution in [-0.2, 0) is 6.42 Å². The number of hydrogen-bond acceptors (Lipinski definition) is 4. The second-order valence-corrected chi connectivity index (χ2v) is 6.22. The van der Waals surface area contributed by atoms with Gasteiger partial charge < -0.3 is 20.1 Å². The normalized spacial score (nSPS) is 10.4. The van der Waals surface area contributed by atoms with Crippen molar-refractivity contribution in [2.45, 2.75) is 19.8 Å². The van der Waals surface area contributed by atoms with E-state index in [0.29, 0.717) is 22.8 Å². The minimum absolute atomic E-state index is 0.351. The number of rotatable bonds is 7. The number of aromatic nitrogens is 2. The molecule has 0 aliphatic heterocycles. The molecule has 0 aliphatic rings. The lowest BCUT2D eigenvalue weighted by molar-refractivity contribution is 0.262. The molecule has 0 bridgehead atoms. The van der Waals surface area contributed by atoms with Gasteiger partial charge >= 0.3 is 6.03 Å². The first-order valence-corrected chi connectivity index (χ1v) is 9.08. The first-order chi connectivity index (χ1) is 13.6. The Balaban J connectivity index is 1.86. The van der Waals surface area contributed by atoms with Gasteiger partial charge in [-0.2, -0.15) is 5.10 Å². The van der Waals surface area contributed by atoms with Gasteiger partial charge in [0.05, 0.1) is 25.6 Å². The monoisotopic (exact) mass is 380 g/mol. The van der Waals surface area contributed by atoms with E-state index in [2.05, 4.69) is 27.8 Å². The van der Waals surface area contributed by atoms with Crippen molar-refractivity contribution in [3.05, 3.63) is 54.2 Å². The minimum atomic E-state index is -0.351. The van der Waals surface area contributed by atoms with E-state index >= 15 is 0 Å². The van der Waals surface area contributed by atoms with E-state index in [9.17, 15) is 4.79 Å². The van der Waals surface area contributed by atoms with Crippen LogP contribution >= 0.6 is 0 Å². The molecule has 146 valence electrons. The number of carbonyl (C=O) groups is 1. The van der Waals surface area contributed by atoms with Crippen molar-refractivity contribution in [1.29, 1.82) is 0 Å². The van der Waals surface area contributed by atoms with Gasteiger partial charge in [0.25, 0.3) is 0 Å². The molecule has 0 aliphatic carbocycles. The second kappa shape index (κ2) is 8.94. The third-order valence-electron chi connectivity index (χ3n) is 4.25. The molecule has 1 heterocycles. The van der Waals surface area contributed by atoms with Crippen LogP contribution in [-0.4, -0.2) is 30.4 Å². The summed E-state index contributed by atoms with van der Waals surface area (Å²) < 4.78 is 10.5. The zero-order chi connectivity index (χ0) is 19.9. The maximum absolute atomic E-state index is 12.6. The number of amides is 2. The topological polar surface area (TPSA) is 88.3 Å². The van der Waals surface area contributed by atoms with Crippen LogP contribution in [0.3, 0.4) is 0 Å². The summed E-state index contributed by atoms with van der Waals surface area (Å²) in [7, 11) is 3.20. The molecule has 0 unspecified atom stereocenters. The Bertz CT molecular complexity index is 952. The number of benzene rings is 2. The summed E-state index contributed by atoms with van der Waals surface area (Å²) in [6.07, 6.45) is 1.69. The number of nitrogens with zero attached hydrogens (tertiary/aromatic N) is 1. The number of nitrogens with one attached hydrogen (secondary N) is 3. The second-order valence-electron chi connectivity index (χ2n) is 6.22. The van der Waals surface area contributed by atoms with Crippen LogP contribution < -0.4 is 20.1 Å². The summed E-state index contributed by atoms with van der Waals surface area (Å²) in [6, 6.07) is 14.4. The molecule has 2 amide bonds. The summed E-state index contributed by atoms with van der Waals surface area (Å²) in [4.78, 5) is 12.6. The number of ether oxygens (including phenoxy) is 2. The molecule has 1 aromatic heterocycles. The molecule has 0 fully saturated rings. The molecule has 0 saturated carbocycles. The van der Waals surface area contributed by atoms with E-state index in [4.69, 9.17) is 9.47 Å². The number of methoxy groups -OCH3 is 2. The van der Waals surface area contributed by atoms with Crippen LogP contribution in [0, 0.1) is 0 Å². The van der Waals surface area contributed by atoms with Crippen molar-refractivity contribution >= 4 is 17.4 Å². The lowest BCUT2D eigenvalue weighted by atomic mass is 10.1. The first-order valence-electron chi connectivity index (χ1n) is 9.08. The van der Waals surface area contributed by atoms with Crippen LogP contribution in [0.1, 0.15) is 19.0 Å². The summed E-state index contributed by atoms with van der Waals surface area (Å²) in [6.45, 7) is 2.08. The highest BCUT2D eigenvalue weighted by molar-refractivity contribution is 6.02. The van der Waals surface area contributed by atoms with Gasteiger partial charge in [-0.3, -0.25) is 5.10 Å². The number of hydrogen-bond donors (Lipinski definition) is 3. The standard InChI is InChI=1S/C21H24N4O3/c1-4-7-18-20(19(25-24-18)14-8-5-10-16(12-14)27-2)23-21(26)22-15-9-6-11-17(13-15)28-3/h5-6,8-13H,4,7H2,1-3H3,(H,24,25)(H2,22,23,26). The molecule has 2 aromatic carbocycles. The van der Waals surface area contributed by atoms with Gasteiger partial charge in [0, 0.05) is 17.3 Å². The van der Waals surface area contributed by atoms with Crippen LogP contribution in [0.5, 0.6) is 11.5 Å². The Hall–Kier alpha value is -3.48. The molecular weight excluding hydrogens is 356 g/mol. The summed E-state index contributed by atoms with van der Waals surface area (Å²) in [5.74, 6) is 1.40. The third-order valence-corrected chi connectivity index (χ3v) is 4.25. The first kappa shape index (κ1) is 19.3. The van der Waals surface area contributed by atoms with Crippen molar-refractivity contribution < 1.29 is 14.3 Å². The molecule has 28 heavy (non-hydrogen) atoms. The molecule has 7 nitrogen and oxygen atoms in total. The predicted molar refractivity (Wildman–Crippen MR) is 110 cm³/mol. The number of carbonyl (C=O) groups excluding carboxylic acids is 1. The minimum Gasteiger partial charge on any atom is -0.497 e. The number of urea groups is 1. The van der Waals surface area contributed by atoms with Gasteiger partial charge in [0.1, 0.15) is 17.2 Å². The number of aryl methyl sites for hydroxylation is 1. The molecule has 0 saturated heterocycles. The van der Waals surface area contributed by atoms with Crippen molar-refractivity contribution in [2.75, 3.05) is 24.9 Å². The Morgan fingerprint density at radius 1 is 1.04 bits per heavy atom. The predicted octanol–water partition coefficient (Wildman–Crippen LogP) is 4.69. The number of H-pyrrole nitrogens is 1. The van der Waals surface area contributed by atoms with Crippen molar-refractivity contribution in [2.24, 2.45) is 0 Å². The summed E-state index contributed by atoms with van der Waals surface area (Å²) in [5.41, 5.74) is 3.70. The van der Waals surface area contributed by atoms with E-state index < -0.39 is 0 Å². The zero-order valence-electron chi connectivity index (χ0n) is 16.2. The highest BCUT2D eigenvalue weighted by atomic mass is 16.5. The van der Waals surface area contributed by atoms with E-state index in [1.807, 2.05) is 36.4 Å². The third kappa shape index (κ3) is 4.43. The molecule has 3 N–H and O–H groups in total.